The Morgan fingerprint density at radius 2 is 1.81 bits per heavy atom. The zero-order chi connectivity index (χ0) is 18.8. The molecule has 0 aliphatic carbocycles. The van der Waals surface area contributed by atoms with Gasteiger partial charge in [-0.25, -0.2) is 4.79 Å². The Balaban J connectivity index is 1.90. The summed E-state index contributed by atoms with van der Waals surface area (Å²) in [4.78, 5) is 24.4. The lowest BCUT2D eigenvalue weighted by atomic mass is 10.0. The monoisotopic (exact) mass is 351 g/mol. The van der Waals surface area contributed by atoms with Gasteiger partial charge >= 0.3 is 5.97 Å². The van der Waals surface area contributed by atoms with E-state index in [1.54, 1.807) is 23.7 Å². The highest BCUT2D eigenvalue weighted by Gasteiger charge is 2.25. The van der Waals surface area contributed by atoms with Crippen molar-refractivity contribution in [2.75, 3.05) is 0 Å². The van der Waals surface area contributed by atoms with Crippen LogP contribution < -0.4 is 5.32 Å². The normalized spacial score (nSPS) is 12.3. The molecule has 26 heavy (non-hydrogen) atoms. The molecular weight excluding hydrogens is 330 g/mol. The van der Waals surface area contributed by atoms with Gasteiger partial charge in [0.2, 0.25) is 0 Å². The van der Waals surface area contributed by atoms with Gasteiger partial charge < -0.3 is 10.4 Å². The van der Waals surface area contributed by atoms with Crippen LogP contribution in [0.1, 0.15) is 47.5 Å². The van der Waals surface area contributed by atoms with Crippen molar-refractivity contribution in [2.24, 2.45) is 0 Å². The number of hydrogen-bond donors (Lipinski definition) is 2. The van der Waals surface area contributed by atoms with Gasteiger partial charge in [-0.2, -0.15) is 5.10 Å². The molecule has 134 valence electrons. The van der Waals surface area contributed by atoms with Crippen molar-refractivity contribution < 1.29 is 14.7 Å². The first-order valence-corrected chi connectivity index (χ1v) is 8.45. The maximum Gasteiger partial charge on any atom is 0.330 e. The summed E-state index contributed by atoms with van der Waals surface area (Å²) >= 11 is 0. The van der Waals surface area contributed by atoms with E-state index in [1.165, 1.54) is 6.20 Å². The Labute approximate surface area is 151 Å². The van der Waals surface area contributed by atoms with Gasteiger partial charge in [0.15, 0.2) is 6.04 Å². The highest BCUT2D eigenvalue weighted by Crippen LogP contribution is 2.22. The van der Waals surface area contributed by atoms with Crippen molar-refractivity contribution in [3.8, 4) is 0 Å². The standard InChI is InChI=1S/C20H21N3O3/c1-12(2)23-13(3)17(11-21-23)19(24)22-18(20(25)26)16-9-8-14-6-4-5-7-15(14)10-16/h4-12,18H,1-3H3,(H,22,24)(H,25,26). The summed E-state index contributed by atoms with van der Waals surface area (Å²) in [5.74, 6) is -1.56. The molecule has 0 aliphatic rings. The Bertz CT molecular complexity index is 975. The van der Waals surface area contributed by atoms with Gasteiger partial charge in [-0.3, -0.25) is 9.48 Å². The lowest BCUT2D eigenvalue weighted by Crippen LogP contribution is -2.34. The molecule has 0 spiro atoms. The van der Waals surface area contributed by atoms with Crippen LogP contribution in [0.5, 0.6) is 0 Å². The molecule has 0 saturated carbocycles. The molecule has 6 heteroatoms. The van der Waals surface area contributed by atoms with Crippen LogP contribution in [0, 0.1) is 6.92 Å². The summed E-state index contributed by atoms with van der Waals surface area (Å²) in [6, 6.07) is 12.0. The molecule has 2 aromatic carbocycles. The molecule has 1 amide bonds. The Morgan fingerprint density at radius 1 is 1.12 bits per heavy atom. The SMILES string of the molecule is Cc1c(C(=O)NC(C(=O)O)c2ccc3ccccc3c2)cnn1C(C)C. The number of nitrogens with zero attached hydrogens (tertiary/aromatic N) is 2. The molecule has 0 bridgehead atoms. The van der Waals surface area contributed by atoms with Gasteiger partial charge in [-0.15, -0.1) is 0 Å². The largest absolute Gasteiger partial charge is 0.479 e. The molecule has 3 aromatic rings. The van der Waals surface area contributed by atoms with Crippen molar-refractivity contribution in [1.29, 1.82) is 0 Å². The number of hydrogen-bond acceptors (Lipinski definition) is 3. The van der Waals surface area contributed by atoms with Crippen LogP contribution in [0.4, 0.5) is 0 Å². The van der Waals surface area contributed by atoms with Crippen molar-refractivity contribution in [3.63, 3.8) is 0 Å². The molecule has 1 unspecified atom stereocenters. The summed E-state index contributed by atoms with van der Waals surface area (Å²) in [5, 5.41) is 18.4. The van der Waals surface area contributed by atoms with E-state index in [4.69, 9.17) is 0 Å². The van der Waals surface area contributed by atoms with Crippen LogP contribution in [0.25, 0.3) is 10.8 Å². The summed E-state index contributed by atoms with van der Waals surface area (Å²) in [7, 11) is 0. The Morgan fingerprint density at radius 3 is 2.42 bits per heavy atom. The van der Waals surface area contributed by atoms with E-state index in [9.17, 15) is 14.7 Å². The van der Waals surface area contributed by atoms with Crippen LogP contribution in [-0.2, 0) is 4.79 Å². The third-order valence-corrected chi connectivity index (χ3v) is 4.41. The van der Waals surface area contributed by atoms with E-state index in [0.717, 1.165) is 10.8 Å². The van der Waals surface area contributed by atoms with E-state index in [1.807, 2.05) is 44.2 Å². The lowest BCUT2D eigenvalue weighted by Gasteiger charge is -2.16. The number of benzene rings is 2. The fourth-order valence-electron chi connectivity index (χ4n) is 3.05. The molecule has 3 rings (SSSR count). The fourth-order valence-corrected chi connectivity index (χ4v) is 3.05. The van der Waals surface area contributed by atoms with E-state index >= 15 is 0 Å². The topological polar surface area (TPSA) is 84.2 Å². The molecule has 0 fully saturated rings. The summed E-state index contributed by atoms with van der Waals surface area (Å²) in [5.41, 5.74) is 1.62. The van der Waals surface area contributed by atoms with Crippen LogP contribution in [0.2, 0.25) is 0 Å². The molecule has 2 N–H and O–H groups in total. The van der Waals surface area contributed by atoms with Crippen LogP contribution in [0.3, 0.4) is 0 Å². The molecule has 6 nitrogen and oxygen atoms in total. The average Bonchev–Trinajstić information content (AvgIpc) is 3.00. The third-order valence-electron chi connectivity index (χ3n) is 4.41. The number of carboxylic acid groups (broad SMARTS) is 1. The Hall–Kier alpha value is -3.15. The highest BCUT2D eigenvalue weighted by atomic mass is 16.4. The number of carboxylic acids is 1. The minimum atomic E-state index is -1.13. The highest BCUT2D eigenvalue weighted by molar-refractivity contribution is 5.98. The fraction of sp³-hybridized carbons (Fsp3) is 0.250. The lowest BCUT2D eigenvalue weighted by molar-refractivity contribution is -0.139. The zero-order valence-electron chi connectivity index (χ0n) is 14.9. The number of rotatable bonds is 5. The number of carbonyl (C=O) groups excluding carboxylic acids is 1. The van der Waals surface area contributed by atoms with E-state index in [0.29, 0.717) is 16.8 Å². The van der Waals surface area contributed by atoms with E-state index < -0.39 is 17.9 Å². The van der Waals surface area contributed by atoms with Gasteiger partial charge in [0, 0.05) is 11.7 Å². The predicted octanol–water partition coefficient (Wildman–Crippen LogP) is 3.48. The van der Waals surface area contributed by atoms with Gasteiger partial charge in [-0.05, 0) is 43.2 Å². The number of aliphatic carboxylic acids is 1. The maximum atomic E-state index is 12.6. The van der Waals surface area contributed by atoms with Gasteiger partial charge in [-0.1, -0.05) is 36.4 Å². The average molecular weight is 351 g/mol. The first kappa shape index (κ1) is 17.7. The molecule has 0 radical (unpaired) electrons. The molecule has 0 aliphatic heterocycles. The van der Waals surface area contributed by atoms with Crippen LogP contribution >= 0.6 is 0 Å². The smallest absolute Gasteiger partial charge is 0.330 e. The minimum absolute atomic E-state index is 0.118. The van der Waals surface area contributed by atoms with Gasteiger partial charge in [0.25, 0.3) is 5.91 Å². The molecule has 1 aromatic heterocycles. The van der Waals surface area contributed by atoms with Gasteiger partial charge in [0.1, 0.15) is 0 Å². The first-order valence-electron chi connectivity index (χ1n) is 8.45. The number of amides is 1. The minimum Gasteiger partial charge on any atom is -0.479 e. The second-order valence-electron chi connectivity index (χ2n) is 6.53. The first-order chi connectivity index (χ1) is 12.4. The zero-order valence-corrected chi connectivity index (χ0v) is 14.9. The third kappa shape index (κ3) is 3.31. The summed E-state index contributed by atoms with van der Waals surface area (Å²) in [6.45, 7) is 5.74. The Kier molecular flexibility index (Phi) is 4.75. The van der Waals surface area contributed by atoms with Crippen molar-refractivity contribution in [3.05, 3.63) is 65.5 Å². The second kappa shape index (κ2) is 7.00. The van der Waals surface area contributed by atoms with Crippen molar-refractivity contribution in [1.82, 2.24) is 15.1 Å². The predicted molar refractivity (Wildman–Crippen MR) is 99.1 cm³/mol. The quantitative estimate of drug-likeness (QED) is 0.737. The molecule has 1 atom stereocenters. The number of nitrogens with one attached hydrogen (secondary N) is 1. The summed E-state index contributed by atoms with van der Waals surface area (Å²) < 4.78 is 1.74. The summed E-state index contributed by atoms with van der Waals surface area (Å²) in [6.07, 6.45) is 1.48. The van der Waals surface area contributed by atoms with E-state index in [-0.39, 0.29) is 6.04 Å². The molecule has 0 saturated heterocycles. The number of aromatic nitrogens is 2. The second-order valence-corrected chi connectivity index (χ2v) is 6.53. The van der Waals surface area contributed by atoms with Crippen LogP contribution in [0.15, 0.2) is 48.7 Å². The number of carbonyl (C=O) groups is 2. The van der Waals surface area contributed by atoms with Crippen LogP contribution in [-0.4, -0.2) is 26.8 Å². The van der Waals surface area contributed by atoms with Crippen molar-refractivity contribution in [2.45, 2.75) is 32.9 Å². The molecular formula is C20H21N3O3. The van der Waals surface area contributed by atoms with Gasteiger partial charge in [0.05, 0.1) is 11.8 Å². The molecule has 1 heterocycles. The number of fused-ring (bicyclic) bond motifs is 1. The van der Waals surface area contributed by atoms with Crippen molar-refractivity contribution >= 4 is 22.6 Å². The maximum absolute atomic E-state index is 12.6. The van der Waals surface area contributed by atoms with E-state index in [2.05, 4.69) is 10.4 Å².